The number of rotatable bonds is 3. The zero-order valence-electron chi connectivity index (χ0n) is 12.5. The van der Waals surface area contributed by atoms with Crippen LogP contribution in [0.2, 0.25) is 0 Å². The molecule has 0 radical (unpaired) electrons. The highest BCUT2D eigenvalue weighted by Crippen LogP contribution is 2.24. The van der Waals surface area contributed by atoms with Crippen LogP contribution in [0.25, 0.3) is 0 Å². The molecule has 0 aromatic rings. The van der Waals surface area contributed by atoms with Gasteiger partial charge in [0.05, 0.1) is 6.54 Å². The number of carbonyl (C=O) groups excluding carboxylic acids is 2. The number of nitrogens with zero attached hydrogens (tertiary/aromatic N) is 1. The van der Waals surface area contributed by atoms with Crippen molar-refractivity contribution in [3.63, 3.8) is 0 Å². The van der Waals surface area contributed by atoms with Gasteiger partial charge in [-0.2, -0.15) is 0 Å². The topological polar surface area (TPSA) is 49.4 Å². The molecular formula is C16H22N2O2. The maximum Gasteiger partial charge on any atom is 0.261 e. The lowest BCUT2D eigenvalue weighted by molar-refractivity contribution is -0.136. The Hall–Kier alpha value is -1.68. The van der Waals surface area contributed by atoms with Crippen LogP contribution >= 0.6 is 0 Å². The average molecular weight is 274 g/mol. The van der Waals surface area contributed by atoms with Gasteiger partial charge in [0.1, 0.15) is 0 Å². The first-order chi connectivity index (χ1) is 9.56. The summed E-state index contributed by atoms with van der Waals surface area (Å²) in [5.74, 6) is -0.323. The molecule has 0 unspecified atom stereocenters. The monoisotopic (exact) mass is 274 g/mol. The van der Waals surface area contributed by atoms with Gasteiger partial charge in [0.2, 0.25) is 0 Å². The molecular weight excluding hydrogens is 252 g/mol. The number of hydrogen-bond acceptors (Lipinski definition) is 3. The largest absolute Gasteiger partial charge is 0.316 e. The lowest BCUT2D eigenvalue weighted by atomic mass is 9.99. The number of nitrogens with one attached hydrogen (secondary N) is 1. The van der Waals surface area contributed by atoms with Gasteiger partial charge in [-0.1, -0.05) is 23.3 Å². The van der Waals surface area contributed by atoms with E-state index in [0.29, 0.717) is 17.7 Å². The molecule has 108 valence electrons. The molecule has 4 heteroatoms. The van der Waals surface area contributed by atoms with Crippen molar-refractivity contribution in [1.29, 1.82) is 0 Å². The maximum absolute atomic E-state index is 12.3. The lowest BCUT2D eigenvalue weighted by Crippen LogP contribution is -2.34. The molecule has 0 aliphatic carbocycles. The molecule has 0 saturated carbocycles. The second kappa shape index (κ2) is 6.18. The van der Waals surface area contributed by atoms with Crippen molar-refractivity contribution in [2.75, 3.05) is 19.6 Å². The molecule has 1 saturated heterocycles. The van der Waals surface area contributed by atoms with Gasteiger partial charge in [0.15, 0.2) is 0 Å². The zero-order chi connectivity index (χ0) is 14.7. The normalized spacial score (nSPS) is 20.6. The van der Waals surface area contributed by atoms with Gasteiger partial charge < -0.3 is 5.32 Å². The van der Waals surface area contributed by atoms with Gasteiger partial charge in [-0.3, -0.25) is 14.5 Å². The predicted molar refractivity (Wildman–Crippen MR) is 79.0 cm³/mol. The molecule has 1 fully saturated rings. The Morgan fingerprint density at radius 2 is 1.90 bits per heavy atom. The van der Waals surface area contributed by atoms with Crippen molar-refractivity contribution in [1.82, 2.24) is 10.2 Å². The van der Waals surface area contributed by atoms with Crippen LogP contribution in [0.5, 0.6) is 0 Å². The summed E-state index contributed by atoms with van der Waals surface area (Å²) in [5.41, 5.74) is 3.61. The molecule has 2 amide bonds. The van der Waals surface area contributed by atoms with Crippen LogP contribution < -0.4 is 5.32 Å². The summed E-state index contributed by atoms with van der Waals surface area (Å²) in [5, 5.41) is 3.31. The van der Waals surface area contributed by atoms with E-state index in [1.807, 2.05) is 13.8 Å². The molecule has 4 nitrogen and oxygen atoms in total. The van der Waals surface area contributed by atoms with Crippen LogP contribution in [0.15, 0.2) is 34.4 Å². The van der Waals surface area contributed by atoms with Crippen molar-refractivity contribution in [3.8, 4) is 0 Å². The number of carbonyl (C=O) groups is 2. The fourth-order valence-electron chi connectivity index (χ4n) is 2.73. The highest BCUT2D eigenvalue weighted by atomic mass is 16.2. The molecule has 0 atom stereocenters. The third kappa shape index (κ3) is 2.75. The van der Waals surface area contributed by atoms with E-state index < -0.39 is 0 Å². The maximum atomic E-state index is 12.3. The van der Waals surface area contributed by atoms with Crippen LogP contribution in [0.1, 0.15) is 33.6 Å². The van der Waals surface area contributed by atoms with E-state index in [-0.39, 0.29) is 11.8 Å². The second-order valence-electron chi connectivity index (χ2n) is 5.37. The summed E-state index contributed by atoms with van der Waals surface area (Å²) in [7, 11) is 0. The van der Waals surface area contributed by atoms with Crippen LogP contribution in [-0.2, 0) is 9.59 Å². The third-order valence-corrected chi connectivity index (χ3v) is 3.98. The quantitative estimate of drug-likeness (QED) is 0.632. The first kappa shape index (κ1) is 14.7. The van der Waals surface area contributed by atoms with Crippen molar-refractivity contribution < 1.29 is 9.59 Å². The van der Waals surface area contributed by atoms with Crippen LogP contribution in [-0.4, -0.2) is 36.3 Å². The molecule has 0 bridgehead atoms. The van der Waals surface area contributed by atoms with Crippen molar-refractivity contribution in [2.24, 2.45) is 0 Å². The first-order valence-electron chi connectivity index (χ1n) is 7.14. The van der Waals surface area contributed by atoms with Crippen molar-refractivity contribution in [3.05, 3.63) is 34.4 Å². The third-order valence-electron chi connectivity index (χ3n) is 3.98. The van der Waals surface area contributed by atoms with Gasteiger partial charge in [-0.25, -0.2) is 0 Å². The summed E-state index contributed by atoms with van der Waals surface area (Å²) in [6, 6.07) is 0. The van der Waals surface area contributed by atoms with Gasteiger partial charge in [-0.05, 0) is 46.7 Å². The molecule has 2 rings (SSSR count). The van der Waals surface area contributed by atoms with Gasteiger partial charge >= 0.3 is 0 Å². The minimum Gasteiger partial charge on any atom is -0.316 e. The minimum absolute atomic E-state index is 0.156. The number of amides is 2. The van der Waals surface area contributed by atoms with E-state index in [1.54, 1.807) is 19.1 Å². The Morgan fingerprint density at radius 1 is 1.25 bits per heavy atom. The smallest absolute Gasteiger partial charge is 0.261 e. The van der Waals surface area contributed by atoms with Crippen LogP contribution in [0, 0.1) is 0 Å². The SMILES string of the molecule is C/C=C\C1=C(C)C(=O)N(CC(C)=C2CCNCC2)C1=O. The standard InChI is InChI=1S/C16H22N2O2/c1-4-5-14-12(3)15(19)18(16(14)20)10-11(2)13-6-8-17-9-7-13/h4-5,17H,6-10H2,1-3H3/b5-4-. The van der Waals surface area contributed by atoms with Gasteiger partial charge in [0.25, 0.3) is 11.8 Å². The van der Waals surface area contributed by atoms with Crippen LogP contribution in [0.4, 0.5) is 0 Å². The predicted octanol–water partition coefficient (Wildman–Crippen LogP) is 1.95. The second-order valence-corrected chi connectivity index (χ2v) is 5.37. The molecule has 2 aliphatic rings. The summed E-state index contributed by atoms with van der Waals surface area (Å²) < 4.78 is 0. The van der Waals surface area contributed by atoms with E-state index >= 15 is 0 Å². The molecule has 1 N–H and O–H groups in total. The Labute approximate surface area is 120 Å². The van der Waals surface area contributed by atoms with Gasteiger partial charge in [0, 0.05) is 11.1 Å². The fourth-order valence-corrected chi connectivity index (χ4v) is 2.73. The van der Waals surface area contributed by atoms with E-state index in [1.165, 1.54) is 10.5 Å². The highest BCUT2D eigenvalue weighted by molar-refractivity contribution is 6.20. The zero-order valence-corrected chi connectivity index (χ0v) is 12.5. The van der Waals surface area contributed by atoms with E-state index in [9.17, 15) is 9.59 Å². The number of piperidine rings is 1. The fraction of sp³-hybridized carbons (Fsp3) is 0.500. The Morgan fingerprint density at radius 3 is 2.50 bits per heavy atom. The van der Waals surface area contributed by atoms with E-state index in [4.69, 9.17) is 0 Å². The van der Waals surface area contributed by atoms with E-state index in [0.717, 1.165) is 31.5 Å². The van der Waals surface area contributed by atoms with Gasteiger partial charge in [-0.15, -0.1) is 0 Å². The lowest BCUT2D eigenvalue weighted by Gasteiger charge is -2.21. The Balaban J connectivity index is 2.16. The summed E-state index contributed by atoms with van der Waals surface area (Å²) >= 11 is 0. The number of imide groups is 1. The minimum atomic E-state index is -0.167. The molecule has 2 aliphatic heterocycles. The van der Waals surface area contributed by atoms with Crippen LogP contribution in [0.3, 0.4) is 0 Å². The molecule has 2 heterocycles. The Bertz CT molecular complexity index is 519. The number of allylic oxidation sites excluding steroid dienone is 1. The average Bonchev–Trinajstić information content (AvgIpc) is 2.66. The summed E-state index contributed by atoms with van der Waals surface area (Å²) in [4.78, 5) is 25.9. The van der Waals surface area contributed by atoms with Crippen molar-refractivity contribution >= 4 is 11.8 Å². The Kier molecular flexibility index (Phi) is 4.55. The number of hydrogen-bond donors (Lipinski definition) is 1. The summed E-state index contributed by atoms with van der Waals surface area (Å²) in [6.45, 7) is 7.99. The van der Waals surface area contributed by atoms with Crippen molar-refractivity contribution in [2.45, 2.75) is 33.6 Å². The highest BCUT2D eigenvalue weighted by Gasteiger charge is 2.34. The molecule has 0 spiro atoms. The molecule has 0 aromatic carbocycles. The molecule has 0 aromatic heterocycles. The summed E-state index contributed by atoms with van der Waals surface area (Å²) in [6.07, 6.45) is 5.54. The first-order valence-corrected chi connectivity index (χ1v) is 7.14. The van der Waals surface area contributed by atoms with E-state index in [2.05, 4.69) is 5.32 Å². The molecule has 20 heavy (non-hydrogen) atoms.